The molecular weight excluding hydrogens is 494 g/mol. The number of methoxy groups -OCH3 is 2. The number of amides is 1. The van der Waals surface area contributed by atoms with Gasteiger partial charge in [-0.3, -0.25) is 9.59 Å². The van der Waals surface area contributed by atoms with Crippen LogP contribution in [0.2, 0.25) is 0 Å². The van der Waals surface area contributed by atoms with Crippen LogP contribution in [-0.4, -0.2) is 46.7 Å². The molecule has 11 nitrogen and oxygen atoms in total. The van der Waals surface area contributed by atoms with Gasteiger partial charge in [-0.25, -0.2) is 14.6 Å². The van der Waals surface area contributed by atoms with Crippen molar-refractivity contribution in [1.29, 1.82) is 0 Å². The molecule has 196 valence electrons. The third kappa shape index (κ3) is 3.74. The van der Waals surface area contributed by atoms with Crippen LogP contribution in [0.4, 0.5) is 0 Å². The number of cyclic esters (lactones) is 1. The summed E-state index contributed by atoms with van der Waals surface area (Å²) >= 11 is 0. The summed E-state index contributed by atoms with van der Waals surface area (Å²) < 4.78 is 17.0. The van der Waals surface area contributed by atoms with E-state index in [1.165, 1.54) is 31.8 Å². The fourth-order valence-corrected chi connectivity index (χ4v) is 4.97. The second-order valence-corrected chi connectivity index (χ2v) is 9.08. The van der Waals surface area contributed by atoms with Crippen LogP contribution in [0.1, 0.15) is 42.5 Å². The topological polar surface area (TPSA) is 146 Å². The summed E-state index contributed by atoms with van der Waals surface area (Å²) in [6, 6.07) is 6.90. The first-order valence-electron chi connectivity index (χ1n) is 11.9. The number of nitrogens with zero attached hydrogens (tertiary/aromatic N) is 2. The van der Waals surface area contributed by atoms with E-state index >= 15 is 0 Å². The first-order chi connectivity index (χ1) is 18.1. The number of carbonyl (C=O) groups is 3. The largest absolute Gasteiger partial charge is 0.496 e. The summed E-state index contributed by atoms with van der Waals surface area (Å²) in [7, 11) is 2.69. The van der Waals surface area contributed by atoms with E-state index in [-0.39, 0.29) is 42.0 Å². The predicted molar refractivity (Wildman–Crippen MR) is 135 cm³/mol. The van der Waals surface area contributed by atoms with Crippen molar-refractivity contribution in [3.05, 3.63) is 62.6 Å². The Labute approximate surface area is 216 Å². The average Bonchev–Trinajstić information content (AvgIpc) is 3.26. The zero-order valence-electron chi connectivity index (χ0n) is 21.2. The minimum atomic E-state index is -1.92. The van der Waals surface area contributed by atoms with Crippen molar-refractivity contribution >= 4 is 34.8 Å². The molecule has 0 saturated heterocycles. The van der Waals surface area contributed by atoms with E-state index in [2.05, 4.69) is 5.32 Å². The zero-order chi connectivity index (χ0) is 27.4. The van der Waals surface area contributed by atoms with Gasteiger partial charge in [0, 0.05) is 29.0 Å². The number of aliphatic hydroxyl groups is 1. The summed E-state index contributed by atoms with van der Waals surface area (Å²) in [5, 5.41) is 14.1. The molecule has 1 aromatic carbocycles. The van der Waals surface area contributed by atoms with Gasteiger partial charge in [-0.15, -0.1) is 0 Å². The number of rotatable bonds is 5. The van der Waals surface area contributed by atoms with Crippen LogP contribution < -0.4 is 15.6 Å². The molecule has 0 aliphatic carbocycles. The van der Waals surface area contributed by atoms with Crippen LogP contribution in [0.15, 0.2) is 34.8 Å². The summed E-state index contributed by atoms with van der Waals surface area (Å²) in [5.74, 6) is -1.55. The number of pyridine rings is 2. The van der Waals surface area contributed by atoms with E-state index in [4.69, 9.17) is 19.2 Å². The van der Waals surface area contributed by atoms with Gasteiger partial charge < -0.3 is 29.2 Å². The normalized spacial score (nSPS) is 17.8. The molecule has 4 heterocycles. The number of benzene rings is 1. The maximum Gasteiger partial charge on any atom is 0.354 e. The highest BCUT2D eigenvalue weighted by Gasteiger charge is 2.45. The molecule has 0 bridgehead atoms. The Morgan fingerprint density at radius 3 is 2.68 bits per heavy atom. The lowest BCUT2D eigenvalue weighted by molar-refractivity contribution is -0.172. The maximum absolute atomic E-state index is 13.4. The van der Waals surface area contributed by atoms with Gasteiger partial charge >= 0.3 is 11.9 Å². The smallest absolute Gasteiger partial charge is 0.354 e. The van der Waals surface area contributed by atoms with Gasteiger partial charge in [-0.05, 0) is 36.8 Å². The quantitative estimate of drug-likeness (QED) is 0.297. The maximum atomic E-state index is 13.4. The van der Waals surface area contributed by atoms with Gasteiger partial charge in [0.15, 0.2) is 5.60 Å². The second-order valence-electron chi connectivity index (χ2n) is 9.08. The van der Waals surface area contributed by atoms with E-state index < -0.39 is 23.4 Å². The lowest BCUT2D eigenvalue weighted by Crippen LogP contribution is -2.44. The lowest BCUT2D eigenvalue weighted by atomic mass is 9.86. The molecule has 3 aromatic rings. The molecule has 0 fully saturated rings. The standard InChI is InChI=1S/C27H25N3O8/c1-5-27(35)18-10-21-23-14(11-30(21)24(32)17(18)12-38-26(27)34)8-15-16(22(36-3)7-6-19(15)29-23)9-20(25(33)37-4)28-13(2)31/h6-10,35H,5,11-12H2,1-4H3,(H,28,31). The Bertz CT molecular complexity index is 1640. The molecule has 1 amide bonds. The number of esters is 2. The Morgan fingerprint density at radius 2 is 2.03 bits per heavy atom. The number of ether oxygens (including phenoxy) is 3. The zero-order valence-corrected chi connectivity index (χ0v) is 21.2. The van der Waals surface area contributed by atoms with Crippen molar-refractivity contribution in [1.82, 2.24) is 14.9 Å². The van der Waals surface area contributed by atoms with Gasteiger partial charge in [-0.1, -0.05) is 6.92 Å². The molecule has 11 heteroatoms. The van der Waals surface area contributed by atoms with E-state index in [1.54, 1.807) is 25.1 Å². The van der Waals surface area contributed by atoms with E-state index in [0.717, 1.165) is 0 Å². The average molecular weight is 520 g/mol. The minimum absolute atomic E-state index is 0.0477. The Hall–Kier alpha value is -4.51. The Kier molecular flexibility index (Phi) is 6.03. The fraction of sp³-hybridized carbons (Fsp3) is 0.296. The summed E-state index contributed by atoms with van der Waals surface area (Å²) in [5.41, 5.74) is 0.850. The number of nitrogens with one attached hydrogen (secondary N) is 1. The van der Waals surface area contributed by atoms with Gasteiger partial charge in [0.2, 0.25) is 5.91 Å². The SMILES string of the molecule is CCC1(O)C(=O)OCc2c1cc1n(c2=O)Cc2cc3c(C=C(NC(C)=O)C(=O)OC)c(OC)ccc3nc2-1. The van der Waals surface area contributed by atoms with E-state index in [1.807, 2.05) is 6.07 Å². The highest BCUT2D eigenvalue weighted by molar-refractivity contribution is 6.02. The molecule has 2 aromatic heterocycles. The molecule has 1 unspecified atom stereocenters. The summed E-state index contributed by atoms with van der Waals surface area (Å²) in [6.45, 7) is 2.91. The van der Waals surface area contributed by atoms with Gasteiger partial charge in [0.1, 0.15) is 18.1 Å². The molecular formula is C27H25N3O8. The number of fused-ring (bicyclic) bond motifs is 5. The van der Waals surface area contributed by atoms with E-state index in [0.29, 0.717) is 39.2 Å². The monoisotopic (exact) mass is 519 g/mol. The Balaban J connectivity index is 1.73. The van der Waals surface area contributed by atoms with Crippen LogP contribution >= 0.6 is 0 Å². The molecule has 0 saturated carbocycles. The van der Waals surface area contributed by atoms with Gasteiger partial charge in [0.05, 0.1) is 43.2 Å². The molecule has 2 N–H and O–H groups in total. The number of carbonyl (C=O) groups excluding carboxylic acids is 3. The van der Waals surface area contributed by atoms with E-state index in [9.17, 15) is 24.3 Å². The van der Waals surface area contributed by atoms with Crippen molar-refractivity contribution in [2.45, 2.75) is 39.0 Å². The molecule has 2 aliphatic heterocycles. The number of hydrogen-bond donors (Lipinski definition) is 2. The fourth-order valence-electron chi connectivity index (χ4n) is 4.97. The highest BCUT2D eigenvalue weighted by atomic mass is 16.6. The predicted octanol–water partition coefficient (Wildman–Crippen LogP) is 1.74. The van der Waals surface area contributed by atoms with Crippen molar-refractivity contribution in [2.75, 3.05) is 14.2 Å². The number of hydrogen-bond acceptors (Lipinski definition) is 9. The van der Waals surface area contributed by atoms with Gasteiger partial charge in [-0.2, -0.15) is 0 Å². The van der Waals surface area contributed by atoms with Crippen LogP contribution in [-0.2, 0) is 42.6 Å². The minimum Gasteiger partial charge on any atom is -0.496 e. The van der Waals surface area contributed by atoms with Crippen molar-refractivity contribution in [3.63, 3.8) is 0 Å². The van der Waals surface area contributed by atoms with Crippen LogP contribution in [0.3, 0.4) is 0 Å². The molecule has 2 aliphatic rings. The molecule has 0 spiro atoms. The summed E-state index contributed by atoms with van der Waals surface area (Å²) in [4.78, 5) is 54.6. The molecule has 5 rings (SSSR count). The van der Waals surface area contributed by atoms with Crippen LogP contribution in [0, 0.1) is 0 Å². The Morgan fingerprint density at radius 1 is 1.26 bits per heavy atom. The lowest BCUT2D eigenvalue weighted by Gasteiger charge is -2.31. The number of aromatic nitrogens is 2. The molecule has 1 atom stereocenters. The first-order valence-corrected chi connectivity index (χ1v) is 11.9. The molecule has 38 heavy (non-hydrogen) atoms. The third-order valence-corrected chi connectivity index (χ3v) is 6.92. The third-order valence-electron chi connectivity index (χ3n) is 6.92. The van der Waals surface area contributed by atoms with Crippen molar-refractivity contribution < 1.29 is 33.7 Å². The first kappa shape index (κ1) is 25.2. The van der Waals surface area contributed by atoms with Crippen molar-refractivity contribution in [3.8, 4) is 17.1 Å². The van der Waals surface area contributed by atoms with Crippen LogP contribution in [0.5, 0.6) is 5.75 Å². The molecule has 0 radical (unpaired) electrons. The highest BCUT2D eigenvalue weighted by Crippen LogP contribution is 2.40. The summed E-state index contributed by atoms with van der Waals surface area (Å²) in [6.07, 6.45) is 1.51. The van der Waals surface area contributed by atoms with Crippen molar-refractivity contribution in [2.24, 2.45) is 0 Å². The second kappa shape index (κ2) is 9.10. The van der Waals surface area contributed by atoms with Crippen LogP contribution in [0.25, 0.3) is 28.4 Å². The van der Waals surface area contributed by atoms with Gasteiger partial charge in [0.25, 0.3) is 5.56 Å².